The van der Waals surface area contributed by atoms with Crippen molar-refractivity contribution in [2.24, 2.45) is 5.73 Å². The van der Waals surface area contributed by atoms with E-state index in [0.29, 0.717) is 13.2 Å². The third-order valence-electron chi connectivity index (χ3n) is 8.78. The molecule has 0 aromatic rings. The van der Waals surface area contributed by atoms with Gasteiger partial charge in [0.05, 0.1) is 13.2 Å². The van der Waals surface area contributed by atoms with Gasteiger partial charge in [-0.15, -0.1) is 0 Å². The largest absolute Gasteiger partial charge is 0.466 e. The molecule has 1 atom stereocenters. The standard InChI is InChI=1S/C41H77NO4/c1-3-5-7-9-11-13-15-17-19-21-23-25-27-29-31-33-37-45-40(43)36-35-39(42)41(44)46-38-34-32-30-28-26-24-22-20-18-16-14-12-10-8-6-4-2/h17-20,39H,3-16,21-38,42H2,1-2H3/b19-17-,20-18-. The zero-order valence-electron chi connectivity index (χ0n) is 30.7. The second kappa shape index (κ2) is 37.8. The highest BCUT2D eigenvalue weighted by Gasteiger charge is 2.17. The van der Waals surface area contributed by atoms with E-state index in [1.54, 1.807) is 0 Å². The quantitative estimate of drug-likeness (QED) is 0.0416. The van der Waals surface area contributed by atoms with Crippen molar-refractivity contribution >= 4 is 11.9 Å². The van der Waals surface area contributed by atoms with Gasteiger partial charge in [-0.1, -0.05) is 154 Å². The highest BCUT2D eigenvalue weighted by Crippen LogP contribution is 2.12. The number of allylic oxidation sites excluding steroid dienone is 4. The predicted molar refractivity (Wildman–Crippen MR) is 198 cm³/mol. The zero-order valence-corrected chi connectivity index (χ0v) is 30.7. The molecular formula is C41H77NO4. The van der Waals surface area contributed by atoms with Crippen LogP contribution in [0.3, 0.4) is 0 Å². The molecule has 1 unspecified atom stereocenters. The van der Waals surface area contributed by atoms with E-state index in [1.807, 2.05) is 0 Å². The fourth-order valence-corrected chi connectivity index (χ4v) is 5.63. The van der Waals surface area contributed by atoms with Crippen molar-refractivity contribution in [3.05, 3.63) is 24.3 Å². The molecule has 0 bridgehead atoms. The summed E-state index contributed by atoms with van der Waals surface area (Å²) in [6, 6.07) is -0.757. The van der Waals surface area contributed by atoms with Crippen LogP contribution in [-0.4, -0.2) is 31.2 Å². The molecule has 0 aromatic carbocycles. The van der Waals surface area contributed by atoms with Crippen molar-refractivity contribution in [1.29, 1.82) is 0 Å². The van der Waals surface area contributed by atoms with Crippen molar-refractivity contribution in [1.82, 2.24) is 0 Å². The molecule has 46 heavy (non-hydrogen) atoms. The lowest BCUT2D eigenvalue weighted by Gasteiger charge is -2.11. The van der Waals surface area contributed by atoms with Crippen LogP contribution in [0.4, 0.5) is 0 Å². The van der Waals surface area contributed by atoms with Gasteiger partial charge >= 0.3 is 11.9 Å². The van der Waals surface area contributed by atoms with Crippen molar-refractivity contribution < 1.29 is 19.1 Å². The summed E-state index contributed by atoms with van der Waals surface area (Å²) in [5.74, 6) is -0.682. The molecule has 270 valence electrons. The van der Waals surface area contributed by atoms with Crippen LogP contribution in [0.2, 0.25) is 0 Å². The molecule has 0 saturated carbocycles. The fourth-order valence-electron chi connectivity index (χ4n) is 5.63. The number of hydrogen-bond acceptors (Lipinski definition) is 5. The van der Waals surface area contributed by atoms with Gasteiger partial charge in [-0.3, -0.25) is 9.59 Å². The molecule has 0 heterocycles. The first-order valence-corrected chi connectivity index (χ1v) is 20.0. The van der Waals surface area contributed by atoms with Crippen LogP contribution in [0.5, 0.6) is 0 Å². The van der Waals surface area contributed by atoms with Crippen LogP contribution in [-0.2, 0) is 19.1 Å². The molecule has 0 amide bonds. The molecule has 0 radical (unpaired) electrons. The van der Waals surface area contributed by atoms with E-state index in [1.165, 1.54) is 154 Å². The van der Waals surface area contributed by atoms with E-state index in [9.17, 15) is 9.59 Å². The molecule has 0 saturated heterocycles. The number of nitrogens with two attached hydrogens (primary N) is 1. The van der Waals surface area contributed by atoms with E-state index in [0.717, 1.165) is 25.7 Å². The lowest BCUT2D eigenvalue weighted by atomic mass is 10.1. The molecule has 0 aromatic heterocycles. The molecule has 0 aliphatic carbocycles. The lowest BCUT2D eigenvalue weighted by molar-refractivity contribution is -0.146. The van der Waals surface area contributed by atoms with Gasteiger partial charge in [-0.25, -0.2) is 0 Å². The van der Waals surface area contributed by atoms with Gasteiger partial charge in [0.25, 0.3) is 0 Å². The highest BCUT2D eigenvalue weighted by molar-refractivity contribution is 5.77. The van der Waals surface area contributed by atoms with Crippen LogP contribution in [0.15, 0.2) is 24.3 Å². The second-order valence-corrected chi connectivity index (χ2v) is 13.4. The van der Waals surface area contributed by atoms with Crippen molar-refractivity contribution in [3.63, 3.8) is 0 Å². The third kappa shape index (κ3) is 35.2. The van der Waals surface area contributed by atoms with Crippen molar-refractivity contribution in [3.8, 4) is 0 Å². The number of rotatable bonds is 36. The zero-order chi connectivity index (χ0) is 33.6. The van der Waals surface area contributed by atoms with Gasteiger partial charge in [0.15, 0.2) is 0 Å². The molecule has 0 rings (SSSR count). The van der Waals surface area contributed by atoms with Gasteiger partial charge in [0, 0.05) is 6.42 Å². The van der Waals surface area contributed by atoms with E-state index >= 15 is 0 Å². The molecule has 0 fully saturated rings. The molecule has 0 aliphatic rings. The Hall–Kier alpha value is -1.62. The number of carbonyl (C=O) groups excluding carboxylic acids is 2. The van der Waals surface area contributed by atoms with Gasteiger partial charge in [-0.05, 0) is 70.6 Å². The smallest absolute Gasteiger partial charge is 0.322 e. The van der Waals surface area contributed by atoms with Crippen molar-refractivity contribution in [2.75, 3.05) is 13.2 Å². The maximum atomic E-state index is 12.1. The summed E-state index contributed by atoms with van der Waals surface area (Å²) >= 11 is 0. The Labute approximate surface area is 286 Å². The average Bonchev–Trinajstić information content (AvgIpc) is 3.06. The Balaban J connectivity index is 3.44. The van der Waals surface area contributed by atoms with Gasteiger partial charge < -0.3 is 15.2 Å². The SMILES string of the molecule is CCCCCCCC/C=C\CCCCCCCCOC(=O)CCC(N)C(=O)OCCCCCCCC/C=C\CCCCCCCC. The maximum Gasteiger partial charge on any atom is 0.322 e. The summed E-state index contributed by atoms with van der Waals surface area (Å²) in [6.45, 7) is 5.40. The highest BCUT2D eigenvalue weighted by atomic mass is 16.5. The van der Waals surface area contributed by atoms with E-state index < -0.39 is 12.0 Å². The summed E-state index contributed by atoms with van der Waals surface area (Å²) in [6.07, 6.45) is 45.0. The summed E-state index contributed by atoms with van der Waals surface area (Å²) in [7, 11) is 0. The number of hydrogen-bond donors (Lipinski definition) is 1. The number of carbonyl (C=O) groups is 2. The third-order valence-corrected chi connectivity index (χ3v) is 8.78. The summed E-state index contributed by atoms with van der Waals surface area (Å²) in [4.78, 5) is 24.1. The molecule has 5 nitrogen and oxygen atoms in total. The summed E-state index contributed by atoms with van der Waals surface area (Å²) in [5.41, 5.74) is 5.94. The summed E-state index contributed by atoms with van der Waals surface area (Å²) < 4.78 is 10.7. The van der Waals surface area contributed by atoms with Gasteiger partial charge in [0.2, 0.25) is 0 Å². The monoisotopic (exact) mass is 648 g/mol. The van der Waals surface area contributed by atoms with E-state index in [-0.39, 0.29) is 18.8 Å². The van der Waals surface area contributed by atoms with E-state index in [4.69, 9.17) is 15.2 Å². The van der Waals surface area contributed by atoms with Crippen LogP contribution in [0, 0.1) is 0 Å². The van der Waals surface area contributed by atoms with Gasteiger partial charge in [-0.2, -0.15) is 0 Å². The summed E-state index contributed by atoms with van der Waals surface area (Å²) in [5, 5.41) is 0. The maximum absolute atomic E-state index is 12.1. The van der Waals surface area contributed by atoms with Crippen LogP contribution >= 0.6 is 0 Å². The first-order chi connectivity index (χ1) is 22.6. The number of ether oxygens (including phenoxy) is 2. The Morgan fingerprint density at radius 1 is 0.478 bits per heavy atom. The molecule has 2 N–H and O–H groups in total. The molecule has 5 heteroatoms. The van der Waals surface area contributed by atoms with Crippen LogP contribution < -0.4 is 5.73 Å². The van der Waals surface area contributed by atoms with Crippen LogP contribution in [0.25, 0.3) is 0 Å². The average molecular weight is 648 g/mol. The minimum atomic E-state index is -0.757. The first kappa shape index (κ1) is 44.4. The predicted octanol–water partition coefficient (Wildman–Crippen LogP) is 12.3. The number of unbranched alkanes of at least 4 members (excludes halogenated alkanes) is 24. The Morgan fingerprint density at radius 3 is 1.20 bits per heavy atom. The number of esters is 2. The minimum Gasteiger partial charge on any atom is -0.466 e. The topological polar surface area (TPSA) is 78.6 Å². The molecule has 0 aliphatic heterocycles. The fraction of sp³-hybridized carbons (Fsp3) is 0.854. The molecule has 0 spiro atoms. The molecular weight excluding hydrogens is 570 g/mol. The van der Waals surface area contributed by atoms with Crippen molar-refractivity contribution in [2.45, 2.75) is 213 Å². The Morgan fingerprint density at radius 2 is 0.804 bits per heavy atom. The first-order valence-electron chi connectivity index (χ1n) is 20.0. The minimum absolute atomic E-state index is 0.164. The normalized spacial score (nSPS) is 12.3. The van der Waals surface area contributed by atoms with Gasteiger partial charge in [0.1, 0.15) is 6.04 Å². The van der Waals surface area contributed by atoms with Crippen LogP contribution in [0.1, 0.15) is 206 Å². The van der Waals surface area contributed by atoms with E-state index in [2.05, 4.69) is 38.2 Å². The Bertz CT molecular complexity index is 705. The Kier molecular flexibility index (Phi) is 36.5. The second-order valence-electron chi connectivity index (χ2n) is 13.4. The lowest BCUT2D eigenvalue weighted by Crippen LogP contribution is -2.33.